The number of aromatic nitrogens is 2. The van der Waals surface area contributed by atoms with Gasteiger partial charge in [-0.15, -0.1) is 0 Å². The Morgan fingerprint density at radius 2 is 2.00 bits per heavy atom. The Morgan fingerprint density at radius 1 is 1.27 bits per heavy atom. The molecule has 2 aromatic rings. The van der Waals surface area contributed by atoms with Crippen molar-refractivity contribution in [1.82, 2.24) is 9.78 Å². The van der Waals surface area contributed by atoms with Gasteiger partial charge >= 0.3 is 0 Å². The van der Waals surface area contributed by atoms with Crippen molar-refractivity contribution in [3.8, 4) is 11.3 Å². The highest BCUT2D eigenvalue weighted by molar-refractivity contribution is 5.62. The summed E-state index contributed by atoms with van der Waals surface area (Å²) in [6.45, 7) is 0. The van der Waals surface area contributed by atoms with Crippen molar-refractivity contribution in [2.75, 3.05) is 5.73 Å². The molecule has 0 amide bonds. The van der Waals surface area contributed by atoms with Crippen LogP contribution >= 0.6 is 0 Å². The van der Waals surface area contributed by atoms with Crippen LogP contribution in [0.1, 0.15) is 0 Å². The lowest BCUT2D eigenvalue weighted by Crippen LogP contribution is -1.96. The van der Waals surface area contributed by atoms with Gasteiger partial charge in [-0.1, -0.05) is 0 Å². The van der Waals surface area contributed by atoms with E-state index in [4.69, 9.17) is 5.73 Å². The Bertz CT molecular complexity index is 486. The lowest BCUT2D eigenvalue weighted by molar-refractivity contribution is 0.585. The molecule has 0 atom stereocenters. The fraction of sp³-hybridized carbons (Fsp3) is 0.100. The number of hydrogen-bond acceptors (Lipinski definition) is 2. The maximum Gasteiger partial charge on any atom is 0.135 e. The van der Waals surface area contributed by atoms with Crippen LogP contribution in [-0.2, 0) is 7.05 Å². The average Bonchev–Trinajstić information content (AvgIpc) is 2.46. The molecule has 1 heterocycles. The van der Waals surface area contributed by atoms with E-state index in [0.29, 0.717) is 11.5 Å². The third-order valence-corrected chi connectivity index (χ3v) is 2.12. The van der Waals surface area contributed by atoms with E-state index in [1.165, 1.54) is 22.9 Å². The topological polar surface area (TPSA) is 43.8 Å². The monoisotopic (exact) mass is 209 g/mol. The smallest absolute Gasteiger partial charge is 0.135 e. The summed E-state index contributed by atoms with van der Waals surface area (Å²) in [7, 11) is 1.65. The van der Waals surface area contributed by atoms with Gasteiger partial charge in [0.05, 0.1) is 5.69 Å². The van der Waals surface area contributed by atoms with Gasteiger partial charge in [0.15, 0.2) is 0 Å². The Hall–Kier alpha value is -1.91. The summed E-state index contributed by atoms with van der Waals surface area (Å²) in [4.78, 5) is 0. The largest absolute Gasteiger partial charge is 0.384 e. The molecule has 0 radical (unpaired) electrons. The minimum atomic E-state index is -0.645. The van der Waals surface area contributed by atoms with E-state index in [9.17, 15) is 8.78 Å². The molecule has 0 spiro atoms. The van der Waals surface area contributed by atoms with Crippen molar-refractivity contribution < 1.29 is 8.78 Å². The third kappa shape index (κ3) is 1.68. The molecule has 78 valence electrons. The van der Waals surface area contributed by atoms with E-state index in [2.05, 4.69) is 5.10 Å². The fourth-order valence-electron chi connectivity index (χ4n) is 1.31. The summed E-state index contributed by atoms with van der Waals surface area (Å²) in [5, 5.41) is 4.00. The average molecular weight is 209 g/mol. The van der Waals surface area contributed by atoms with Crippen LogP contribution < -0.4 is 5.73 Å². The molecule has 2 N–H and O–H groups in total. The lowest BCUT2D eigenvalue weighted by atomic mass is 10.1. The summed E-state index contributed by atoms with van der Waals surface area (Å²) in [5.41, 5.74) is 6.20. The molecule has 1 aromatic heterocycles. The van der Waals surface area contributed by atoms with Gasteiger partial charge in [-0.3, -0.25) is 4.68 Å². The predicted molar refractivity (Wildman–Crippen MR) is 53.0 cm³/mol. The van der Waals surface area contributed by atoms with Crippen LogP contribution in [0.3, 0.4) is 0 Å². The first-order valence-electron chi connectivity index (χ1n) is 4.33. The van der Waals surface area contributed by atoms with E-state index in [1.54, 1.807) is 7.05 Å². The number of nitrogens with two attached hydrogens (primary N) is 1. The van der Waals surface area contributed by atoms with Crippen molar-refractivity contribution in [2.24, 2.45) is 7.05 Å². The Kier molecular flexibility index (Phi) is 2.15. The van der Waals surface area contributed by atoms with Gasteiger partial charge < -0.3 is 5.73 Å². The minimum Gasteiger partial charge on any atom is -0.384 e. The van der Waals surface area contributed by atoms with Gasteiger partial charge in [-0.25, -0.2) is 8.78 Å². The summed E-state index contributed by atoms with van der Waals surface area (Å²) >= 11 is 0. The molecule has 3 nitrogen and oxygen atoms in total. The van der Waals surface area contributed by atoms with Gasteiger partial charge in [0.2, 0.25) is 0 Å². The summed E-state index contributed by atoms with van der Waals surface area (Å²) in [6, 6.07) is 4.88. The van der Waals surface area contributed by atoms with E-state index in [-0.39, 0.29) is 5.56 Å². The molecular weight excluding hydrogens is 200 g/mol. The molecular formula is C10H9F2N3. The Labute approximate surface area is 85.1 Å². The number of rotatable bonds is 1. The second-order valence-corrected chi connectivity index (χ2v) is 3.20. The molecule has 0 aliphatic carbocycles. The van der Waals surface area contributed by atoms with Crippen molar-refractivity contribution in [2.45, 2.75) is 0 Å². The first kappa shape index (κ1) is 9.64. The van der Waals surface area contributed by atoms with Gasteiger partial charge in [0.25, 0.3) is 0 Å². The number of benzene rings is 1. The first-order chi connectivity index (χ1) is 7.08. The number of nitrogen functional groups attached to an aromatic ring is 1. The van der Waals surface area contributed by atoms with Crippen LogP contribution in [0.4, 0.5) is 14.6 Å². The molecule has 0 saturated carbocycles. The molecule has 2 rings (SSSR count). The van der Waals surface area contributed by atoms with Gasteiger partial charge in [-0.2, -0.15) is 5.10 Å². The number of halogens is 2. The van der Waals surface area contributed by atoms with Gasteiger partial charge in [-0.05, 0) is 12.1 Å². The van der Waals surface area contributed by atoms with Gasteiger partial charge in [0, 0.05) is 24.7 Å². The van der Waals surface area contributed by atoms with Crippen LogP contribution in [0.5, 0.6) is 0 Å². The molecule has 0 aliphatic heterocycles. The predicted octanol–water partition coefficient (Wildman–Crippen LogP) is 1.95. The van der Waals surface area contributed by atoms with Crippen LogP contribution in [-0.4, -0.2) is 9.78 Å². The Morgan fingerprint density at radius 3 is 2.53 bits per heavy atom. The normalized spacial score (nSPS) is 10.6. The molecule has 0 bridgehead atoms. The van der Waals surface area contributed by atoms with E-state index >= 15 is 0 Å². The molecule has 1 aromatic carbocycles. The second kappa shape index (κ2) is 3.34. The highest BCUT2D eigenvalue weighted by atomic mass is 19.1. The van der Waals surface area contributed by atoms with Crippen LogP contribution in [0.25, 0.3) is 11.3 Å². The molecule has 0 aliphatic rings. The maximum atomic E-state index is 13.3. The summed E-state index contributed by atoms with van der Waals surface area (Å²) in [6.07, 6.45) is 0. The van der Waals surface area contributed by atoms with Crippen LogP contribution in [0, 0.1) is 11.6 Å². The van der Waals surface area contributed by atoms with Gasteiger partial charge in [0.1, 0.15) is 17.5 Å². The summed E-state index contributed by atoms with van der Waals surface area (Å²) in [5.74, 6) is -0.832. The van der Waals surface area contributed by atoms with E-state index < -0.39 is 11.6 Å². The highest BCUT2D eigenvalue weighted by Gasteiger charge is 2.10. The first-order valence-corrected chi connectivity index (χ1v) is 4.33. The van der Waals surface area contributed by atoms with Crippen molar-refractivity contribution in [3.05, 3.63) is 35.9 Å². The Balaban J connectivity index is 2.54. The maximum absolute atomic E-state index is 13.3. The number of nitrogens with zero attached hydrogens (tertiary/aromatic N) is 2. The van der Waals surface area contributed by atoms with Crippen LogP contribution in [0.2, 0.25) is 0 Å². The minimum absolute atomic E-state index is 0.240. The zero-order valence-corrected chi connectivity index (χ0v) is 8.04. The number of hydrogen-bond donors (Lipinski definition) is 1. The molecule has 5 heteroatoms. The number of aryl methyl sites for hydroxylation is 1. The molecule has 0 saturated heterocycles. The summed E-state index contributed by atoms with van der Waals surface area (Å²) < 4.78 is 27.4. The van der Waals surface area contributed by atoms with Crippen molar-refractivity contribution >= 4 is 5.82 Å². The third-order valence-electron chi connectivity index (χ3n) is 2.12. The quantitative estimate of drug-likeness (QED) is 0.780. The standard InChI is InChI=1S/C10H9F2N3/c1-15-10(13)5-9(14-15)7-3-2-6(11)4-8(7)12/h2-5H,13H2,1H3. The molecule has 0 unspecified atom stereocenters. The molecule has 15 heavy (non-hydrogen) atoms. The van der Waals surface area contributed by atoms with Crippen molar-refractivity contribution in [1.29, 1.82) is 0 Å². The second-order valence-electron chi connectivity index (χ2n) is 3.20. The number of anilines is 1. The fourth-order valence-corrected chi connectivity index (χ4v) is 1.31. The lowest BCUT2D eigenvalue weighted by Gasteiger charge is -1.98. The molecule has 0 fully saturated rings. The van der Waals surface area contributed by atoms with E-state index in [0.717, 1.165) is 6.07 Å². The van der Waals surface area contributed by atoms with E-state index in [1.807, 2.05) is 0 Å². The zero-order valence-electron chi connectivity index (χ0n) is 8.04. The highest BCUT2D eigenvalue weighted by Crippen LogP contribution is 2.23. The zero-order chi connectivity index (χ0) is 11.0. The SMILES string of the molecule is Cn1nc(-c2ccc(F)cc2F)cc1N. The van der Waals surface area contributed by atoms with Crippen molar-refractivity contribution in [3.63, 3.8) is 0 Å². The van der Waals surface area contributed by atoms with Crippen LogP contribution in [0.15, 0.2) is 24.3 Å².